The number of carbonyl (C=O) groups excluding carboxylic acids is 1. The van der Waals surface area contributed by atoms with Crippen molar-refractivity contribution in [3.05, 3.63) is 23.9 Å². The zero-order chi connectivity index (χ0) is 14.8. The topological polar surface area (TPSA) is 68.0 Å². The molecule has 0 aromatic carbocycles. The fourth-order valence-electron chi connectivity index (χ4n) is 2.05. The maximum atomic E-state index is 12.2. The van der Waals surface area contributed by atoms with Crippen LogP contribution in [0, 0.1) is 17.8 Å². The van der Waals surface area contributed by atoms with Crippen LogP contribution in [0.4, 0.5) is 5.82 Å². The molecule has 20 heavy (non-hydrogen) atoms. The fourth-order valence-corrected chi connectivity index (χ4v) is 2.05. The molecule has 4 nitrogen and oxygen atoms in total. The zero-order valence-electron chi connectivity index (χ0n) is 12.3. The Kier molecular flexibility index (Phi) is 7.38. The molecule has 1 rings (SSSR count). The Morgan fingerprint density at radius 2 is 2.05 bits per heavy atom. The van der Waals surface area contributed by atoms with Gasteiger partial charge in [0.15, 0.2) is 0 Å². The Labute approximate surface area is 121 Å². The van der Waals surface area contributed by atoms with E-state index < -0.39 is 0 Å². The van der Waals surface area contributed by atoms with Gasteiger partial charge in [-0.25, -0.2) is 4.98 Å². The van der Waals surface area contributed by atoms with Crippen LogP contribution in [0.1, 0.15) is 45.2 Å². The van der Waals surface area contributed by atoms with Crippen molar-refractivity contribution in [2.24, 2.45) is 11.7 Å². The smallest absolute Gasteiger partial charge is 0.228 e. The van der Waals surface area contributed by atoms with Gasteiger partial charge >= 0.3 is 0 Å². The molecule has 0 unspecified atom stereocenters. The second-order valence-electron chi connectivity index (χ2n) is 4.68. The minimum atomic E-state index is 0.0464. The molecule has 0 radical (unpaired) electrons. The van der Waals surface area contributed by atoms with Crippen molar-refractivity contribution in [1.29, 1.82) is 0 Å². The minimum Gasteiger partial charge on any atom is -0.320 e. The van der Waals surface area contributed by atoms with Gasteiger partial charge in [-0.1, -0.05) is 38.7 Å². The number of nitrogens with two attached hydrogens (primary N) is 1. The van der Waals surface area contributed by atoms with Gasteiger partial charge in [0.05, 0.1) is 6.54 Å². The number of amides is 1. The van der Waals surface area contributed by atoms with Crippen molar-refractivity contribution in [2.75, 3.05) is 11.9 Å². The highest BCUT2D eigenvalue weighted by molar-refractivity contribution is 5.91. The van der Waals surface area contributed by atoms with Gasteiger partial charge in [0.2, 0.25) is 5.91 Å². The lowest BCUT2D eigenvalue weighted by atomic mass is 9.97. The second-order valence-corrected chi connectivity index (χ2v) is 4.68. The van der Waals surface area contributed by atoms with E-state index in [-0.39, 0.29) is 11.8 Å². The summed E-state index contributed by atoms with van der Waals surface area (Å²) in [6.07, 6.45) is 3.83. The van der Waals surface area contributed by atoms with Gasteiger partial charge < -0.3 is 11.1 Å². The van der Waals surface area contributed by atoms with E-state index in [1.54, 1.807) is 12.1 Å². The van der Waals surface area contributed by atoms with Crippen LogP contribution in [0.15, 0.2) is 18.2 Å². The van der Waals surface area contributed by atoms with Crippen molar-refractivity contribution < 1.29 is 4.79 Å². The SMILES string of the molecule is CCCC(CCC)C(=O)Nc1cccc(C#CCN)n1. The summed E-state index contributed by atoms with van der Waals surface area (Å²) in [7, 11) is 0. The average molecular weight is 273 g/mol. The number of nitrogens with zero attached hydrogens (tertiary/aromatic N) is 1. The van der Waals surface area contributed by atoms with Gasteiger partial charge in [0, 0.05) is 5.92 Å². The Hall–Kier alpha value is -1.86. The molecule has 0 bridgehead atoms. The average Bonchev–Trinajstić information content (AvgIpc) is 2.45. The molecule has 108 valence electrons. The highest BCUT2D eigenvalue weighted by Gasteiger charge is 2.16. The molecule has 1 heterocycles. The van der Waals surface area contributed by atoms with Gasteiger partial charge in [0.1, 0.15) is 11.5 Å². The van der Waals surface area contributed by atoms with Crippen LogP contribution < -0.4 is 11.1 Å². The van der Waals surface area contributed by atoms with E-state index in [9.17, 15) is 4.79 Å². The van der Waals surface area contributed by atoms with Crippen molar-refractivity contribution in [3.63, 3.8) is 0 Å². The number of pyridine rings is 1. The molecule has 0 fully saturated rings. The van der Waals surface area contributed by atoms with E-state index in [0.29, 0.717) is 18.1 Å². The number of hydrogen-bond acceptors (Lipinski definition) is 3. The van der Waals surface area contributed by atoms with Crippen LogP contribution in [0.25, 0.3) is 0 Å². The lowest BCUT2D eigenvalue weighted by molar-refractivity contribution is -0.120. The molecule has 0 saturated carbocycles. The lowest BCUT2D eigenvalue weighted by Gasteiger charge is -2.14. The molecule has 1 aromatic heterocycles. The summed E-state index contributed by atoms with van der Waals surface area (Å²) < 4.78 is 0. The van der Waals surface area contributed by atoms with Crippen LogP contribution in [0.5, 0.6) is 0 Å². The first-order valence-corrected chi connectivity index (χ1v) is 7.18. The lowest BCUT2D eigenvalue weighted by Crippen LogP contribution is -2.23. The number of hydrogen-bond donors (Lipinski definition) is 2. The van der Waals surface area contributed by atoms with Crippen molar-refractivity contribution in [1.82, 2.24) is 4.98 Å². The van der Waals surface area contributed by atoms with Crippen LogP contribution in [0.3, 0.4) is 0 Å². The van der Waals surface area contributed by atoms with Crippen molar-refractivity contribution in [2.45, 2.75) is 39.5 Å². The Morgan fingerprint density at radius 3 is 2.65 bits per heavy atom. The summed E-state index contributed by atoms with van der Waals surface area (Å²) >= 11 is 0. The van der Waals surface area contributed by atoms with Crippen LogP contribution in [0.2, 0.25) is 0 Å². The quantitative estimate of drug-likeness (QED) is 0.783. The normalized spacial score (nSPS) is 10.0. The van der Waals surface area contributed by atoms with Crippen LogP contribution >= 0.6 is 0 Å². The molecule has 0 aliphatic heterocycles. The molecule has 0 saturated heterocycles. The second kappa shape index (κ2) is 9.11. The summed E-state index contributed by atoms with van der Waals surface area (Å²) in [6, 6.07) is 5.41. The monoisotopic (exact) mass is 273 g/mol. The van der Waals surface area contributed by atoms with Gasteiger partial charge in [-0.05, 0) is 30.9 Å². The predicted molar refractivity (Wildman–Crippen MR) is 82.1 cm³/mol. The van der Waals surface area contributed by atoms with Crippen LogP contribution in [-0.4, -0.2) is 17.4 Å². The number of rotatable bonds is 6. The Morgan fingerprint density at radius 1 is 1.35 bits per heavy atom. The standard InChI is InChI=1S/C16H23N3O/c1-3-7-13(8-4-2)16(20)19-15-11-5-9-14(18-15)10-6-12-17/h5,9,11,13H,3-4,7-8,12,17H2,1-2H3,(H,18,19,20). The molecule has 4 heteroatoms. The molecule has 3 N–H and O–H groups in total. The van der Waals surface area contributed by atoms with E-state index in [4.69, 9.17) is 5.73 Å². The van der Waals surface area contributed by atoms with Gasteiger partial charge in [-0.3, -0.25) is 4.79 Å². The van der Waals surface area contributed by atoms with E-state index in [1.807, 2.05) is 6.07 Å². The third-order valence-corrected chi connectivity index (χ3v) is 2.96. The molecular formula is C16H23N3O. The summed E-state index contributed by atoms with van der Waals surface area (Å²) in [6.45, 7) is 4.49. The highest BCUT2D eigenvalue weighted by atomic mass is 16.1. The summed E-state index contributed by atoms with van der Waals surface area (Å²) in [5.41, 5.74) is 5.95. The maximum absolute atomic E-state index is 12.2. The van der Waals surface area contributed by atoms with Crippen molar-refractivity contribution in [3.8, 4) is 11.8 Å². The molecule has 0 aliphatic rings. The largest absolute Gasteiger partial charge is 0.320 e. The minimum absolute atomic E-state index is 0.0464. The summed E-state index contributed by atoms with van der Waals surface area (Å²) in [5.74, 6) is 6.27. The number of anilines is 1. The molecule has 0 spiro atoms. The maximum Gasteiger partial charge on any atom is 0.228 e. The third-order valence-electron chi connectivity index (χ3n) is 2.96. The molecule has 1 aromatic rings. The first kappa shape index (κ1) is 16.2. The van der Waals surface area contributed by atoms with Gasteiger partial charge in [0.25, 0.3) is 0 Å². The Balaban J connectivity index is 2.73. The van der Waals surface area contributed by atoms with Gasteiger partial charge in [-0.2, -0.15) is 0 Å². The van der Waals surface area contributed by atoms with E-state index >= 15 is 0 Å². The summed E-state index contributed by atoms with van der Waals surface area (Å²) in [4.78, 5) is 16.5. The van der Waals surface area contributed by atoms with E-state index in [2.05, 4.69) is 36.0 Å². The zero-order valence-corrected chi connectivity index (χ0v) is 12.3. The van der Waals surface area contributed by atoms with E-state index in [1.165, 1.54) is 0 Å². The molecular weight excluding hydrogens is 250 g/mol. The first-order valence-electron chi connectivity index (χ1n) is 7.18. The highest BCUT2D eigenvalue weighted by Crippen LogP contribution is 2.16. The first-order chi connectivity index (χ1) is 9.71. The molecule has 0 atom stereocenters. The molecule has 1 amide bonds. The number of aromatic nitrogens is 1. The summed E-state index contributed by atoms with van der Waals surface area (Å²) in [5, 5.41) is 2.88. The van der Waals surface area contributed by atoms with Crippen LogP contribution in [-0.2, 0) is 4.79 Å². The number of carbonyl (C=O) groups is 1. The predicted octanol–water partition coefficient (Wildman–Crippen LogP) is 2.55. The number of nitrogens with one attached hydrogen (secondary N) is 1. The third kappa shape index (κ3) is 5.41. The fraction of sp³-hybridized carbons (Fsp3) is 0.500. The van der Waals surface area contributed by atoms with Crippen molar-refractivity contribution >= 4 is 11.7 Å². The van der Waals surface area contributed by atoms with E-state index in [0.717, 1.165) is 25.7 Å². The Bertz CT molecular complexity index is 482. The molecule has 0 aliphatic carbocycles. The van der Waals surface area contributed by atoms with Gasteiger partial charge in [-0.15, -0.1) is 0 Å².